The fraction of sp³-hybridized carbons (Fsp3) is 0.375. The van der Waals surface area contributed by atoms with Crippen molar-refractivity contribution in [3.8, 4) is 5.75 Å². The molecule has 1 aliphatic rings. The molecule has 1 aliphatic carbocycles. The van der Waals surface area contributed by atoms with Gasteiger partial charge in [0.1, 0.15) is 5.82 Å². The Bertz CT molecular complexity index is 1180. The lowest BCUT2D eigenvalue weighted by Gasteiger charge is -2.30. The van der Waals surface area contributed by atoms with Gasteiger partial charge in [-0.25, -0.2) is 4.98 Å². The number of nitrogens with zero attached hydrogens (tertiary/aromatic N) is 4. The molecule has 1 aromatic heterocycles. The Labute approximate surface area is 197 Å². The van der Waals surface area contributed by atoms with Crippen LogP contribution in [0.1, 0.15) is 25.7 Å². The van der Waals surface area contributed by atoms with Gasteiger partial charge in [0.15, 0.2) is 12.4 Å². The fourth-order valence-electron chi connectivity index (χ4n) is 4.17. The maximum Gasteiger partial charge on any atom is 0.310 e. The highest BCUT2D eigenvalue weighted by Gasteiger charge is 2.24. The lowest BCUT2D eigenvalue weighted by Crippen LogP contribution is -2.42. The summed E-state index contributed by atoms with van der Waals surface area (Å²) in [6.45, 7) is -0.263. The monoisotopic (exact) mass is 464 g/mol. The van der Waals surface area contributed by atoms with Crippen LogP contribution in [0.25, 0.3) is 10.9 Å². The maximum absolute atomic E-state index is 12.3. The highest BCUT2D eigenvalue weighted by Crippen LogP contribution is 2.27. The lowest BCUT2D eigenvalue weighted by atomic mass is 9.91. The van der Waals surface area contributed by atoms with Gasteiger partial charge in [0, 0.05) is 37.6 Å². The third-order valence-electron chi connectivity index (χ3n) is 5.85. The number of fused-ring (bicyclic) bond motifs is 1. The number of rotatable bonds is 8. The van der Waals surface area contributed by atoms with Crippen molar-refractivity contribution in [1.82, 2.24) is 15.3 Å². The number of carbonyl (C=O) groups is 1. The van der Waals surface area contributed by atoms with E-state index >= 15 is 0 Å². The van der Waals surface area contributed by atoms with E-state index in [2.05, 4.69) is 15.6 Å². The molecule has 178 valence electrons. The van der Waals surface area contributed by atoms with Gasteiger partial charge in [-0.2, -0.15) is 4.98 Å². The van der Waals surface area contributed by atoms with Gasteiger partial charge in [-0.3, -0.25) is 14.9 Å². The summed E-state index contributed by atoms with van der Waals surface area (Å²) < 4.78 is 5.38. The number of anilines is 2. The van der Waals surface area contributed by atoms with E-state index in [-0.39, 0.29) is 36.0 Å². The summed E-state index contributed by atoms with van der Waals surface area (Å²) in [5.74, 6) is 1.27. The quantitative estimate of drug-likeness (QED) is 0.383. The molecule has 0 atom stereocenters. The van der Waals surface area contributed by atoms with Crippen LogP contribution in [-0.2, 0) is 4.79 Å². The number of amides is 1. The number of aromatic nitrogens is 2. The number of carbonyl (C=O) groups excluding carboxylic acids is 1. The molecule has 0 spiro atoms. The Morgan fingerprint density at radius 1 is 1.06 bits per heavy atom. The van der Waals surface area contributed by atoms with E-state index in [1.807, 2.05) is 43.3 Å². The van der Waals surface area contributed by atoms with E-state index in [4.69, 9.17) is 9.72 Å². The molecule has 10 nitrogen and oxygen atoms in total. The lowest BCUT2D eigenvalue weighted by molar-refractivity contribution is -0.385. The van der Waals surface area contributed by atoms with Crippen molar-refractivity contribution in [2.75, 3.05) is 30.9 Å². The van der Waals surface area contributed by atoms with Crippen molar-refractivity contribution < 1.29 is 14.5 Å². The molecule has 0 bridgehead atoms. The van der Waals surface area contributed by atoms with Gasteiger partial charge in [-0.1, -0.05) is 24.3 Å². The van der Waals surface area contributed by atoms with Crippen molar-refractivity contribution >= 4 is 34.3 Å². The minimum absolute atomic E-state index is 0.0368. The van der Waals surface area contributed by atoms with Gasteiger partial charge in [-0.05, 0) is 43.9 Å². The molecule has 0 unspecified atom stereocenters. The second-order valence-corrected chi connectivity index (χ2v) is 8.56. The van der Waals surface area contributed by atoms with Crippen LogP contribution in [0.5, 0.6) is 5.75 Å². The molecule has 1 fully saturated rings. The number of hydrogen-bond donors (Lipinski definition) is 2. The topological polar surface area (TPSA) is 123 Å². The smallest absolute Gasteiger partial charge is 0.310 e. The summed E-state index contributed by atoms with van der Waals surface area (Å²) in [5.41, 5.74) is 0.735. The zero-order chi connectivity index (χ0) is 24.1. The predicted octanol–water partition coefficient (Wildman–Crippen LogP) is 3.52. The summed E-state index contributed by atoms with van der Waals surface area (Å²) >= 11 is 0. The average molecular weight is 465 g/mol. The maximum atomic E-state index is 12.3. The van der Waals surface area contributed by atoms with Gasteiger partial charge < -0.3 is 20.3 Å². The van der Waals surface area contributed by atoms with Crippen molar-refractivity contribution in [2.45, 2.75) is 37.8 Å². The van der Waals surface area contributed by atoms with Gasteiger partial charge in [0.25, 0.3) is 5.91 Å². The van der Waals surface area contributed by atoms with Gasteiger partial charge in [0.2, 0.25) is 5.95 Å². The van der Waals surface area contributed by atoms with Gasteiger partial charge in [0.05, 0.1) is 10.4 Å². The number of hydrogen-bond acceptors (Lipinski definition) is 8. The highest BCUT2D eigenvalue weighted by molar-refractivity contribution is 5.90. The molecule has 34 heavy (non-hydrogen) atoms. The first-order valence-electron chi connectivity index (χ1n) is 11.3. The number of nitro benzene ring substituents is 1. The number of benzene rings is 2. The van der Waals surface area contributed by atoms with Crippen LogP contribution < -0.4 is 20.3 Å². The SMILES string of the molecule is CN(C)c1nc(NC2CCC(NC(=O)COc3ccccc3[N+](=O)[O-])CC2)nc2ccccc12. The summed E-state index contributed by atoms with van der Waals surface area (Å²) in [6, 6.07) is 14.2. The molecule has 0 aliphatic heterocycles. The van der Waals surface area contributed by atoms with E-state index in [0.29, 0.717) is 5.95 Å². The minimum atomic E-state index is -0.526. The molecule has 4 rings (SSSR count). The first-order valence-corrected chi connectivity index (χ1v) is 11.3. The summed E-state index contributed by atoms with van der Waals surface area (Å²) in [4.78, 5) is 34.2. The van der Waals surface area contributed by atoms with E-state index < -0.39 is 4.92 Å². The largest absolute Gasteiger partial charge is 0.477 e. The molecular formula is C24H28N6O4. The molecule has 0 saturated heterocycles. The number of para-hydroxylation sites is 3. The van der Waals surface area contributed by atoms with E-state index in [1.165, 1.54) is 12.1 Å². The third kappa shape index (κ3) is 5.51. The van der Waals surface area contributed by atoms with Gasteiger partial charge in [-0.15, -0.1) is 0 Å². The van der Waals surface area contributed by atoms with Crippen LogP contribution in [-0.4, -0.2) is 53.6 Å². The summed E-state index contributed by atoms with van der Waals surface area (Å²) in [5, 5.41) is 18.5. The standard InChI is InChI=1S/C24H28N6O4/c1-29(2)23-18-7-3-4-8-19(18)27-24(28-23)26-17-13-11-16(12-14-17)25-22(31)15-34-21-10-6-5-9-20(21)30(32)33/h3-10,16-17H,11-15H2,1-2H3,(H,25,31)(H,26,27,28). The van der Waals surface area contributed by atoms with Crippen LogP contribution in [0.4, 0.5) is 17.5 Å². The molecule has 2 N–H and O–H groups in total. The number of ether oxygens (including phenoxy) is 1. The molecule has 2 aromatic carbocycles. The van der Waals surface area contributed by atoms with Crippen molar-refractivity contribution in [2.24, 2.45) is 0 Å². The molecule has 3 aromatic rings. The average Bonchev–Trinajstić information content (AvgIpc) is 2.83. The van der Waals surface area contributed by atoms with Crippen LogP contribution in [0.3, 0.4) is 0 Å². The molecule has 1 saturated carbocycles. The van der Waals surface area contributed by atoms with E-state index in [0.717, 1.165) is 42.4 Å². The second-order valence-electron chi connectivity index (χ2n) is 8.56. The molecule has 0 radical (unpaired) electrons. The zero-order valence-electron chi connectivity index (χ0n) is 19.2. The van der Waals surface area contributed by atoms with Crippen LogP contribution in [0.2, 0.25) is 0 Å². The Kier molecular flexibility index (Phi) is 7.05. The van der Waals surface area contributed by atoms with E-state index in [1.54, 1.807) is 12.1 Å². The number of nitro groups is 1. The Morgan fingerprint density at radius 2 is 1.74 bits per heavy atom. The molecule has 1 amide bonds. The third-order valence-corrected chi connectivity index (χ3v) is 5.85. The second kappa shape index (κ2) is 10.3. The first kappa shape index (κ1) is 23.2. The Hall–Kier alpha value is -3.95. The summed E-state index contributed by atoms with van der Waals surface area (Å²) in [7, 11) is 3.93. The fourth-order valence-corrected chi connectivity index (χ4v) is 4.17. The molecule has 10 heteroatoms. The van der Waals surface area contributed by atoms with Crippen LogP contribution in [0.15, 0.2) is 48.5 Å². The van der Waals surface area contributed by atoms with Crippen molar-refractivity contribution in [1.29, 1.82) is 0 Å². The Morgan fingerprint density at radius 3 is 2.47 bits per heavy atom. The Balaban J connectivity index is 1.28. The van der Waals surface area contributed by atoms with Gasteiger partial charge >= 0.3 is 5.69 Å². The normalized spacial score (nSPS) is 17.7. The molecule has 1 heterocycles. The number of nitrogens with one attached hydrogen (secondary N) is 2. The van der Waals surface area contributed by atoms with Crippen molar-refractivity contribution in [3.63, 3.8) is 0 Å². The highest BCUT2D eigenvalue weighted by atomic mass is 16.6. The minimum Gasteiger partial charge on any atom is -0.477 e. The zero-order valence-corrected chi connectivity index (χ0v) is 19.2. The van der Waals surface area contributed by atoms with Crippen LogP contribution in [0, 0.1) is 10.1 Å². The van der Waals surface area contributed by atoms with Crippen molar-refractivity contribution in [3.05, 3.63) is 58.6 Å². The predicted molar refractivity (Wildman–Crippen MR) is 130 cm³/mol. The van der Waals surface area contributed by atoms with E-state index in [9.17, 15) is 14.9 Å². The summed E-state index contributed by atoms with van der Waals surface area (Å²) in [6.07, 6.45) is 3.35. The van der Waals surface area contributed by atoms with Crippen LogP contribution >= 0.6 is 0 Å². The first-order chi connectivity index (χ1) is 16.4. The molecular weight excluding hydrogens is 436 g/mol.